The summed E-state index contributed by atoms with van der Waals surface area (Å²) in [6.45, 7) is 1.59. The van der Waals surface area contributed by atoms with Crippen LogP contribution in [0, 0.1) is 0 Å². The van der Waals surface area contributed by atoms with Crippen LogP contribution in [0.2, 0.25) is 10.0 Å². The summed E-state index contributed by atoms with van der Waals surface area (Å²) in [5, 5.41) is 3.18. The molecule has 0 aliphatic heterocycles. The Bertz CT molecular complexity index is 732. The van der Waals surface area contributed by atoms with Gasteiger partial charge in [0.15, 0.2) is 0 Å². The lowest BCUT2D eigenvalue weighted by Crippen LogP contribution is -2.27. The zero-order valence-corrected chi connectivity index (χ0v) is 13.4. The van der Waals surface area contributed by atoms with Gasteiger partial charge in [-0.2, -0.15) is 13.2 Å². The van der Waals surface area contributed by atoms with Crippen molar-refractivity contribution < 1.29 is 18.0 Å². The molecule has 0 radical (unpaired) electrons. The monoisotopic (exact) mass is 361 g/mol. The number of hydrogen-bond acceptors (Lipinski definition) is 1. The molecule has 0 spiro atoms. The van der Waals surface area contributed by atoms with Crippen LogP contribution in [0.15, 0.2) is 42.5 Å². The first-order chi connectivity index (χ1) is 10.7. The van der Waals surface area contributed by atoms with Gasteiger partial charge in [0.2, 0.25) is 0 Å². The van der Waals surface area contributed by atoms with Crippen LogP contribution in [0.5, 0.6) is 0 Å². The molecule has 0 saturated heterocycles. The summed E-state index contributed by atoms with van der Waals surface area (Å²) in [4.78, 5) is 12.2. The maximum atomic E-state index is 12.7. The van der Waals surface area contributed by atoms with Crippen molar-refractivity contribution in [3.05, 3.63) is 69.2 Å². The van der Waals surface area contributed by atoms with E-state index in [1.54, 1.807) is 6.92 Å². The van der Waals surface area contributed by atoms with Crippen molar-refractivity contribution in [1.29, 1.82) is 0 Å². The zero-order valence-electron chi connectivity index (χ0n) is 11.9. The van der Waals surface area contributed by atoms with Crippen molar-refractivity contribution in [3.8, 4) is 0 Å². The number of benzene rings is 2. The number of nitrogens with one attached hydrogen (secondary N) is 1. The summed E-state index contributed by atoms with van der Waals surface area (Å²) in [5.41, 5.74) is -0.214. The first-order valence-corrected chi connectivity index (χ1v) is 7.37. The Kier molecular flexibility index (Phi) is 5.22. The molecule has 0 saturated carbocycles. The van der Waals surface area contributed by atoms with Crippen LogP contribution in [0.25, 0.3) is 0 Å². The molecule has 0 aromatic heterocycles. The van der Waals surface area contributed by atoms with Crippen LogP contribution in [-0.4, -0.2) is 5.91 Å². The highest BCUT2D eigenvalue weighted by atomic mass is 35.5. The molecule has 0 aliphatic rings. The second kappa shape index (κ2) is 6.81. The van der Waals surface area contributed by atoms with Gasteiger partial charge in [0.25, 0.3) is 5.91 Å². The van der Waals surface area contributed by atoms with E-state index < -0.39 is 23.7 Å². The molecule has 0 bridgehead atoms. The lowest BCUT2D eigenvalue weighted by molar-refractivity contribution is -0.137. The van der Waals surface area contributed by atoms with Gasteiger partial charge in [-0.1, -0.05) is 35.3 Å². The van der Waals surface area contributed by atoms with Crippen molar-refractivity contribution >= 4 is 29.1 Å². The molecule has 2 aromatic rings. The Morgan fingerprint density at radius 2 is 1.83 bits per heavy atom. The van der Waals surface area contributed by atoms with E-state index in [0.29, 0.717) is 10.6 Å². The topological polar surface area (TPSA) is 29.1 Å². The van der Waals surface area contributed by atoms with Crippen molar-refractivity contribution in [2.45, 2.75) is 19.1 Å². The summed E-state index contributed by atoms with van der Waals surface area (Å²) in [5.74, 6) is -0.489. The van der Waals surface area contributed by atoms with Gasteiger partial charge in [-0.25, -0.2) is 0 Å². The van der Waals surface area contributed by atoms with Crippen LogP contribution in [0.1, 0.15) is 34.5 Å². The molecule has 7 heteroatoms. The minimum atomic E-state index is -4.43. The number of amides is 1. The predicted octanol–water partition coefficient (Wildman–Crippen LogP) is 5.50. The number of rotatable bonds is 3. The smallest absolute Gasteiger partial charge is 0.345 e. The first-order valence-electron chi connectivity index (χ1n) is 6.61. The highest BCUT2D eigenvalue weighted by molar-refractivity contribution is 6.36. The van der Waals surface area contributed by atoms with E-state index >= 15 is 0 Å². The third-order valence-corrected chi connectivity index (χ3v) is 3.79. The maximum Gasteiger partial charge on any atom is 0.416 e. The summed E-state index contributed by atoms with van der Waals surface area (Å²) in [6, 6.07) is 8.59. The van der Waals surface area contributed by atoms with E-state index in [2.05, 4.69) is 5.32 Å². The van der Waals surface area contributed by atoms with E-state index in [1.165, 1.54) is 30.3 Å². The average molecular weight is 362 g/mol. The number of alkyl halides is 3. The van der Waals surface area contributed by atoms with E-state index in [1.807, 2.05) is 0 Å². The lowest BCUT2D eigenvalue weighted by atomic mass is 10.0. The highest BCUT2D eigenvalue weighted by Gasteiger charge is 2.30. The summed E-state index contributed by atoms with van der Waals surface area (Å²) >= 11 is 11.7. The molecule has 2 nitrogen and oxygen atoms in total. The van der Waals surface area contributed by atoms with Crippen LogP contribution >= 0.6 is 23.2 Å². The van der Waals surface area contributed by atoms with Gasteiger partial charge in [0.1, 0.15) is 0 Å². The summed E-state index contributed by atoms with van der Waals surface area (Å²) in [7, 11) is 0. The lowest BCUT2D eigenvalue weighted by Gasteiger charge is -2.16. The number of carbonyl (C=O) groups excluding carboxylic acids is 1. The van der Waals surface area contributed by atoms with E-state index in [4.69, 9.17) is 23.2 Å². The second-order valence-corrected chi connectivity index (χ2v) is 5.79. The molecule has 1 unspecified atom stereocenters. The molecule has 1 atom stereocenters. The van der Waals surface area contributed by atoms with Gasteiger partial charge in [-0.05, 0) is 42.8 Å². The number of carbonyl (C=O) groups is 1. The fourth-order valence-electron chi connectivity index (χ4n) is 2.02. The van der Waals surface area contributed by atoms with Crippen molar-refractivity contribution in [1.82, 2.24) is 5.32 Å². The molecule has 0 fully saturated rings. The third-order valence-electron chi connectivity index (χ3n) is 3.24. The van der Waals surface area contributed by atoms with Gasteiger partial charge >= 0.3 is 6.18 Å². The molecule has 1 amide bonds. The molecule has 23 heavy (non-hydrogen) atoms. The molecule has 2 aromatic carbocycles. The normalized spacial score (nSPS) is 12.8. The molecule has 2 rings (SSSR count). The van der Waals surface area contributed by atoms with Crippen molar-refractivity contribution in [2.24, 2.45) is 0 Å². The van der Waals surface area contributed by atoms with Gasteiger partial charge in [-0.15, -0.1) is 0 Å². The average Bonchev–Trinajstić information content (AvgIpc) is 2.46. The summed E-state index contributed by atoms with van der Waals surface area (Å²) in [6.07, 6.45) is -4.43. The first kappa shape index (κ1) is 17.6. The zero-order chi connectivity index (χ0) is 17.2. The van der Waals surface area contributed by atoms with Crippen molar-refractivity contribution in [2.75, 3.05) is 0 Å². The van der Waals surface area contributed by atoms with Crippen LogP contribution in [0.4, 0.5) is 13.2 Å². The Labute approximate surface area is 141 Å². The van der Waals surface area contributed by atoms with E-state index in [9.17, 15) is 18.0 Å². The largest absolute Gasteiger partial charge is 0.416 e. The molecule has 1 N–H and O–H groups in total. The van der Waals surface area contributed by atoms with Crippen molar-refractivity contribution in [3.63, 3.8) is 0 Å². The minimum Gasteiger partial charge on any atom is -0.345 e. The standard InChI is InChI=1S/C16H12Cl2F3NO/c1-9(10-3-2-4-11(7-10)16(19,20)21)22-15(23)13-6-5-12(17)8-14(13)18/h2-9H,1H3,(H,22,23). The SMILES string of the molecule is CC(NC(=O)c1ccc(Cl)cc1Cl)c1cccc(C(F)(F)F)c1. The predicted molar refractivity (Wildman–Crippen MR) is 83.8 cm³/mol. The second-order valence-electron chi connectivity index (χ2n) is 4.94. The molecular formula is C16H12Cl2F3NO. The fourth-order valence-corrected chi connectivity index (χ4v) is 2.51. The van der Waals surface area contributed by atoms with Crippen LogP contribution in [0.3, 0.4) is 0 Å². The van der Waals surface area contributed by atoms with E-state index in [-0.39, 0.29) is 10.6 Å². The number of halogens is 5. The Balaban J connectivity index is 2.18. The van der Waals surface area contributed by atoms with Crippen LogP contribution in [-0.2, 0) is 6.18 Å². The molecule has 122 valence electrons. The van der Waals surface area contributed by atoms with E-state index in [0.717, 1.165) is 12.1 Å². The highest BCUT2D eigenvalue weighted by Crippen LogP contribution is 2.31. The summed E-state index contributed by atoms with van der Waals surface area (Å²) < 4.78 is 38.2. The van der Waals surface area contributed by atoms with Gasteiger partial charge in [-0.3, -0.25) is 4.79 Å². The minimum absolute atomic E-state index is 0.172. The maximum absolute atomic E-state index is 12.7. The van der Waals surface area contributed by atoms with Gasteiger partial charge < -0.3 is 5.32 Å². The third kappa shape index (κ3) is 4.39. The molecule has 0 aliphatic carbocycles. The van der Waals surface area contributed by atoms with Gasteiger partial charge in [0.05, 0.1) is 22.2 Å². The fraction of sp³-hybridized carbons (Fsp3) is 0.188. The van der Waals surface area contributed by atoms with Gasteiger partial charge in [0, 0.05) is 5.02 Å². The molecule has 0 heterocycles. The Hall–Kier alpha value is -1.72. The number of hydrogen-bond donors (Lipinski definition) is 1. The van der Waals surface area contributed by atoms with Crippen LogP contribution < -0.4 is 5.32 Å². The Morgan fingerprint density at radius 3 is 2.43 bits per heavy atom. The Morgan fingerprint density at radius 1 is 1.13 bits per heavy atom. The molecular weight excluding hydrogens is 350 g/mol. The quantitative estimate of drug-likeness (QED) is 0.767.